The van der Waals surface area contributed by atoms with Crippen molar-refractivity contribution in [1.82, 2.24) is 0 Å². The van der Waals surface area contributed by atoms with Gasteiger partial charge in [0.1, 0.15) is 11.9 Å². The highest BCUT2D eigenvalue weighted by atomic mass is 35.5. The molecule has 4 heteroatoms. The molecule has 3 nitrogen and oxygen atoms in total. The van der Waals surface area contributed by atoms with Gasteiger partial charge in [-0.2, -0.15) is 0 Å². The van der Waals surface area contributed by atoms with Gasteiger partial charge in [0, 0.05) is 12.5 Å². The maximum absolute atomic E-state index is 6.27. The minimum atomic E-state index is -0.0234. The van der Waals surface area contributed by atoms with E-state index in [1.165, 1.54) is 0 Å². The Morgan fingerprint density at radius 2 is 2.21 bits per heavy atom. The monoisotopic (exact) mass is 284 g/mol. The van der Waals surface area contributed by atoms with Gasteiger partial charge < -0.3 is 14.2 Å². The number of ether oxygens (including phenoxy) is 3. The maximum atomic E-state index is 6.27. The molecule has 1 saturated heterocycles. The maximum Gasteiger partial charge on any atom is 0.138 e. The van der Waals surface area contributed by atoms with E-state index in [-0.39, 0.29) is 17.6 Å². The van der Waals surface area contributed by atoms with Gasteiger partial charge in [-0.3, -0.25) is 0 Å². The van der Waals surface area contributed by atoms with Crippen LogP contribution in [0.2, 0.25) is 5.02 Å². The Bertz CT molecular complexity index is 445. The molecule has 0 aliphatic carbocycles. The van der Waals surface area contributed by atoms with Gasteiger partial charge in [0.05, 0.1) is 24.3 Å². The SMILES string of the molecule is COCC(C)Oc1ccc(C2OCC2(C)C)cc1Cl. The van der Waals surface area contributed by atoms with Gasteiger partial charge in [-0.15, -0.1) is 0 Å². The first kappa shape index (κ1) is 14.6. The lowest BCUT2D eigenvalue weighted by molar-refractivity contribution is -0.172. The minimum Gasteiger partial charge on any atom is -0.487 e. The lowest BCUT2D eigenvalue weighted by atomic mass is 9.79. The second-order valence-electron chi connectivity index (χ2n) is 5.75. The van der Waals surface area contributed by atoms with Gasteiger partial charge in [0.2, 0.25) is 0 Å². The Morgan fingerprint density at radius 1 is 1.47 bits per heavy atom. The van der Waals surface area contributed by atoms with Gasteiger partial charge in [-0.05, 0) is 24.6 Å². The molecule has 1 aliphatic heterocycles. The summed E-state index contributed by atoms with van der Waals surface area (Å²) in [6, 6.07) is 5.86. The van der Waals surface area contributed by atoms with Crippen LogP contribution in [0.4, 0.5) is 0 Å². The number of benzene rings is 1. The fourth-order valence-corrected chi connectivity index (χ4v) is 2.54. The van der Waals surface area contributed by atoms with Crippen molar-refractivity contribution < 1.29 is 14.2 Å². The molecule has 0 saturated carbocycles. The van der Waals surface area contributed by atoms with E-state index in [0.717, 1.165) is 12.2 Å². The molecular formula is C15H21ClO3. The molecule has 0 amide bonds. The summed E-state index contributed by atoms with van der Waals surface area (Å²) in [6.07, 6.45) is 0.0974. The average Bonchev–Trinajstić information content (AvgIpc) is 2.32. The summed E-state index contributed by atoms with van der Waals surface area (Å²) in [7, 11) is 1.65. The van der Waals surface area contributed by atoms with E-state index in [4.69, 9.17) is 25.8 Å². The van der Waals surface area contributed by atoms with Gasteiger partial charge in [0.15, 0.2) is 0 Å². The summed E-state index contributed by atoms with van der Waals surface area (Å²) in [6.45, 7) is 7.67. The van der Waals surface area contributed by atoms with E-state index in [0.29, 0.717) is 17.4 Å². The van der Waals surface area contributed by atoms with Crippen molar-refractivity contribution in [3.8, 4) is 5.75 Å². The summed E-state index contributed by atoms with van der Waals surface area (Å²) in [5.41, 5.74) is 1.28. The third-order valence-electron chi connectivity index (χ3n) is 3.32. The first-order chi connectivity index (χ1) is 8.94. The highest BCUT2D eigenvalue weighted by Crippen LogP contribution is 2.46. The summed E-state index contributed by atoms with van der Waals surface area (Å²) in [5, 5.41) is 0.617. The Morgan fingerprint density at radius 3 is 2.68 bits per heavy atom. The van der Waals surface area contributed by atoms with Crippen molar-refractivity contribution in [3.05, 3.63) is 28.8 Å². The van der Waals surface area contributed by atoms with E-state index in [2.05, 4.69) is 13.8 Å². The van der Waals surface area contributed by atoms with Gasteiger partial charge in [0.25, 0.3) is 0 Å². The van der Waals surface area contributed by atoms with E-state index in [9.17, 15) is 0 Å². The second-order valence-corrected chi connectivity index (χ2v) is 6.16. The van der Waals surface area contributed by atoms with Gasteiger partial charge in [-0.25, -0.2) is 0 Å². The quantitative estimate of drug-likeness (QED) is 0.822. The van der Waals surface area contributed by atoms with Crippen LogP contribution in [-0.4, -0.2) is 26.4 Å². The predicted octanol–water partition coefficient (Wildman–Crippen LogP) is 3.85. The second kappa shape index (κ2) is 5.70. The van der Waals surface area contributed by atoms with E-state index in [1.54, 1.807) is 7.11 Å². The van der Waals surface area contributed by atoms with Crippen LogP contribution in [0.3, 0.4) is 0 Å². The van der Waals surface area contributed by atoms with Crippen LogP contribution in [-0.2, 0) is 9.47 Å². The Kier molecular flexibility index (Phi) is 4.39. The highest BCUT2D eigenvalue weighted by Gasteiger charge is 2.41. The molecule has 0 bridgehead atoms. The normalized spacial score (nSPS) is 22.7. The zero-order valence-electron chi connectivity index (χ0n) is 11.9. The molecular weight excluding hydrogens is 264 g/mol. The van der Waals surface area contributed by atoms with Gasteiger partial charge in [-0.1, -0.05) is 31.5 Å². The molecule has 0 radical (unpaired) electrons. The zero-order chi connectivity index (χ0) is 14.0. The van der Waals surface area contributed by atoms with Crippen molar-refractivity contribution >= 4 is 11.6 Å². The molecule has 2 rings (SSSR count). The first-order valence-electron chi connectivity index (χ1n) is 6.50. The zero-order valence-corrected chi connectivity index (χ0v) is 12.7. The molecule has 0 spiro atoms. The Labute approximate surface area is 119 Å². The number of hydrogen-bond acceptors (Lipinski definition) is 3. The lowest BCUT2D eigenvalue weighted by Crippen LogP contribution is -2.40. The first-order valence-corrected chi connectivity index (χ1v) is 6.88. The Hall–Kier alpha value is -0.770. The summed E-state index contributed by atoms with van der Waals surface area (Å²) in [5.74, 6) is 0.687. The van der Waals surface area contributed by atoms with Crippen LogP contribution in [0.5, 0.6) is 5.75 Å². The third-order valence-corrected chi connectivity index (χ3v) is 3.62. The van der Waals surface area contributed by atoms with Crippen LogP contribution in [0, 0.1) is 5.41 Å². The standard InChI is InChI=1S/C15H21ClO3/c1-10(8-17-4)19-13-6-5-11(7-12(13)16)14-15(2,3)9-18-14/h5-7,10,14H,8-9H2,1-4H3. The number of methoxy groups -OCH3 is 1. The molecule has 0 aromatic heterocycles. The van der Waals surface area contributed by atoms with E-state index >= 15 is 0 Å². The number of hydrogen-bond donors (Lipinski definition) is 0. The molecule has 1 heterocycles. The molecule has 1 aliphatic rings. The fraction of sp³-hybridized carbons (Fsp3) is 0.600. The Balaban J connectivity index is 2.09. The van der Waals surface area contributed by atoms with Crippen molar-refractivity contribution in [2.75, 3.05) is 20.3 Å². The number of halogens is 1. The minimum absolute atomic E-state index is 0.0234. The van der Waals surface area contributed by atoms with Crippen molar-refractivity contribution in [1.29, 1.82) is 0 Å². The molecule has 2 unspecified atom stereocenters. The molecule has 106 valence electrons. The molecule has 1 aromatic carbocycles. The van der Waals surface area contributed by atoms with Crippen LogP contribution < -0.4 is 4.74 Å². The average molecular weight is 285 g/mol. The van der Waals surface area contributed by atoms with Crippen LogP contribution in [0.1, 0.15) is 32.4 Å². The molecule has 0 N–H and O–H groups in total. The van der Waals surface area contributed by atoms with Crippen molar-refractivity contribution in [2.45, 2.75) is 33.0 Å². The molecule has 19 heavy (non-hydrogen) atoms. The summed E-state index contributed by atoms with van der Waals surface area (Å²) >= 11 is 6.27. The van der Waals surface area contributed by atoms with Crippen LogP contribution in [0.25, 0.3) is 0 Å². The van der Waals surface area contributed by atoms with Crippen LogP contribution >= 0.6 is 11.6 Å². The van der Waals surface area contributed by atoms with E-state index in [1.807, 2.05) is 25.1 Å². The molecule has 2 atom stereocenters. The summed E-state index contributed by atoms with van der Waals surface area (Å²) < 4.78 is 16.4. The number of rotatable bonds is 5. The third kappa shape index (κ3) is 3.22. The van der Waals surface area contributed by atoms with Crippen molar-refractivity contribution in [3.63, 3.8) is 0 Å². The lowest BCUT2D eigenvalue weighted by Gasteiger charge is -2.44. The van der Waals surface area contributed by atoms with E-state index < -0.39 is 0 Å². The highest BCUT2D eigenvalue weighted by molar-refractivity contribution is 6.32. The largest absolute Gasteiger partial charge is 0.487 e. The molecule has 1 fully saturated rings. The smallest absolute Gasteiger partial charge is 0.138 e. The summed E-state index contributed by atoms with van der Waals surface area (Å²) in [4.78, 5) is 0. The van der Waals surface area contributed by atoms with Crippen molar-refractivity contribution in [2.24, 2.45) is 5.41 Å². The topological polar surface area (TPSA) is 27.7 Å². The van der Waals surface area contributed by atoms with Crippen LogP contribution in [0.15, 0.2) is 18.2 Å². The predicted molar refractivity (Wildman–Crippen MR) is 75.9 cm³/mol. The fourth-order valence-electron chi connectivity index (χ4n) is 2.31. The molecule has 1 aromatic rings. The van der Waals surface area contributed by atoms with Gasteiger partial charge >= 0.3 is 0 Å².